The summed E-state index contributed by atoms with van der Waals surface area (Å²) in [6.45, 7) is 4.02. The number of carbonyl (C=O) groups is 1. The van der Waals surface area contributed by atoms with Crippen molar-refractivity contribution in [3.05, 3.63) is 58.6 Å². The smallest absolute Gasteiger partial charge is 0.254 e. The van der Waals surface area contributed by atoms with Gasteiger partial charge in [-0.05, 0) is 36.8 Å². The highest BCUT2D eigenvalue weighted by atomic mass is 35.5. The Hall–Kier alpha value is -2.09. The molecule has 6 nitrogen and oxygen atoms in total. The van der Waals surface area contributed by atoms with Crippen molar-refractivity contribution in [3.8, 4) is 0 Å². The Bertz CT molecular complexity index is 938. The molecule has 3 rings (SSSR count). The summed E-state index contributed by atoms with van der Waals surface area (Å²) in [7, 11) is -3.86. The number of amides is 1. The van der Waals surface area contributed by atoms with Gasteiger partial charge in [0.25, 0.3) is 5.91 Å². The molecule has 1 aliphatic heterocycles. The van der Waals surface area contributed by atoms with E-state index in [2.05, 4.69) is 4.90 Å². The van der Waals surface area contributed by atoms with Gasteiger partial charge >= 0.3 is 0 Å². The number of sulfonamides is 1. The molecule has 138 valence electrons. The van der Waals surface area contributed by atoms with Gasteiger partial charge in [0.05, 0.1) is 15.6 Å². The number of nitrogens with zero attached hydrogens (tertiary/aromatic N) is 2. The van der Waals surface area contributed by atoms with Crippen molar-refractivity contribution >= 4 is 33.2 Å². The first kappa shape index (κ1) is 18.7. The second kappa shape index (κ2) is 7.26. The van der Waals surface area contributed by atoms with E-state index in [0.29, 0.717) is 42.3 Å². The number of para-hydroxylation sites is 1. The van der Waals surface area contributed by atoms with Crippen molar-refractivity contribution in [1.29, 1.82) is 0 Å². The van der Waals surface area contributed by atoms with Crippen molar-refractivity contribution in [3.63, 3.8) is 0 Å². The van der Waals surface area contributed by atoms with E-state index in [1.165, 1.54) is 6.07 Å². The maximum absolute atomic E-state index is 12.7. The molecule has 0 atom stereocenters. The van der Waals surface area contributed by atoms with Crippen LogP contribution in [0.5, 0.6) is 0 Å². The number of piperazine rings is 1. The minimum absolute atomic E-state index is 0.0157. The molecule has 2 N–H and O–H groups in total. The topological polar surface area (TPSA) is 83.7 Å². The number of anilines is 1. The molecule has 1 amide bonds. The average molecular weight is 394 g/mol. The number of rotatable bonds is 3. The molecule has 0 aliphatic carbocycles. The Morgan fingerprint density at radius 2 is 1.73 bits per heavy atom. The average Bonchev–Trinajstić information content (AvgIpc) is 2.61. The van der Waals surface area contributed by atoms with Gasteiger partial charge in [-0.3, -0.25) is 4.79 Å². The van der Waals surface area contributed by atoms with E-state index in [1.54, 1.807) is 24.0 Å². The minimum atomic E-state index is -3.86. The van der Waals surface area contributed by atoms with Crippen molar-refractivity contribution in [2.45, 2.75) is 11.8 Å². The van der Waals surface area contributed by atoms with E-state index in [0.717, 1.165) is 5.69 Å². The van der Waals surface area contributed by atoms with Crippen LogP contribution in [0.25, 0.3) is 0 Å². The monoisotopic (exact) mass is 393 g/mol. The largest absolute Gasteiger partial charge is 0.367 e. The molecule has 2 aromatic rings. The fourth-order valence-corrected chi connectivity index (χ4v) is 4.14. The first-order valence-corrected chi connectivity index (χ1v) is 10.1. The second-order valence-electron chi connectivity index (χ2n) is 6.26. The molecule has 1 heterocycles. The SMILES string of the molecule is Cc1ccc(C(=O)N2CCN(c3ccccc3Cl)CC2)cc1S(N)(=O)=O. The zero-order chi connectivity index (χ0) is 18.9. The highest BCUT2D eigenvalue weighted by Gasteiger charge is 2.24. The number of primary sulfonamides is 1. The Morgan fingerprint density at radius 3 is 2.35 bits per heavy atom. The summed E-state index contributed by atoms with van der Waals surface area (Å²) in [6.07, 6.45) is 0. The summed E-state index contributed by atoms with van der Waals surface area (Å²) in [5, 5.41) is 5.91. The Balaban J connectivity index is 1.74. The van der Waals surface area contributed by atoms with E-state index in [1.807, 2.05) is 24.3 Å². The summed E-state index contributed by atoms with van der Waals surface area (Å²) < 4.78 is 23.3. The van der Waals surface area contributed by atoms with Crippen molar-refractivity contribution < 1.29 is 13.2 Å². The Labute approximate surface area is 158 Å². The van der Waals surface area contributed by atoms with Gasteiger partial charge in [-0.15, -0.1) is 0 Å². The molecule has 0 aromatic heterocycles. The Kier molecular flexibility index (Phi) is 5.22. The number of nitrogens with two attached hydrogens (primary N) is 1. The third-order valence-electron chi connectivity index (χ3n) is 4.50. The van der Waals surface area contributed by atoms with Crippen LogP contribution in [-0.4, -0.2) is 45.4 Å². The van der Waals surface area contributed by atoms with E-state index in [9.17, 15) is 13.2 Å². The molecular formula is C18H20ClN3O3S. The van der Waals surface area contributed by atoms with Gasteiger partial charge in [-0.1, -0.05) is 29.8 Å². The first-order chi connectivity index (χ1) is 12.3. The van der Waals surface area contributed by atoms with Crippen molar-refractivity contribution in [2.24, 2.45) is 5.14 Å². The molecule has 2 aromatic carbocycles. The summed E-state index contributed by atoms with van der Waals surface area (Å²) in [5.41, 5.74) is 1.80. The second-order valence-corrected chi connectivity index (χ2v) is 8.19. The third kappa shape index (κ3) is 3.85. The zero-order valence-electron chi connectivity index (χ0n) is 14.4. The predicted molar refractivity (Wildman–Crippen MR) is 102 cm³/mol. The van der Waals surface area contributed by atoms with Crippen LogP contribution >= 0.6 is 11.6 Å². The van der Waals surface area contributed by atoms with Crippen LogP contribution in [0.2, 0.25) is 5.02 Å². The molecule has 8 heteroatoms. The maximum Gasteiger partial charge on any atom is 0.254 e. The molecule has 1 aliphatic rings. The number of carbonyl (C=O) groups excluding carboxylic acids is 1. The van der Waals surface area contributed by atoms with Gasteiger partial charge in [0.15, 0.2) is 0 Å². The minimum Gasteiger partial charge on any atom is -0.367 e. The highest BCUT2D eigenvalue weighted by molar-refractivity contribution is 7.89. The highest BCUT2D eigenvalue weighted by Crippen LogP contribution is 2.26. The van der Waals surface area contributed by atoms with Gasteiger partial charge in [0, 0.05) is 31.7 Å². The number of hydrogen-bond acceptors (Lipinski definition) is 4. The van der Waals surface area contributed by atoms with E-state index in [4.69, 9.17) is 16.7 Å². The number of benzene rings is 2. The van der Waals surface area contributed by atoms with Crippen LogP contribution in [0, 0.1) is 6.92 Å². The summed E-state index contributed by atoms with van der Waals surface area (Å²) in [5.74, 6) is -0.200. The third-order valence-corrected chi connectivity index (χ3v) is 5.87. The molecule has 26 heavy (non-hydrogen) atoms. The van der Waals surface area contributed by atoms with Crippen LogP contribution in [0.4, 0.5) is 5.69 Å². The van der Waals surface area contributed by atoms with Crippen molar-refractivity contribution in [2.75, 3.05) is 31.1 Å². The molecule has 0 unspecified atom stereocenters. The number of hydrogen-bond donors (Lipinski definition) is 1. The van der Waals surface area contributed by atoms with Crippen LogP contribution in [0.1, 0.15) is 15.9 Å². The van der Waals surface area contributed by atoms with Crippen LogP contribution in [0.15, 0.2) is 47.4 Å². The van der Waals surface area contributed by atoms with Gasteiger partial charge in [-0.2, -0.15) is 0 Å². The van der Waals surface area contributed by atoms with Gasteiger partial charge in [0.1, 0.15) is 0 Å². The van der Waals surface area contributed by atoms with Crippen LogP contribution in [-0.2, 0) is 10.0 Å². The van der Waals surface area contributed by atoms with Gasteiger partial charge < -0.3 is 9.80 Å². The van der Waals surface area contributed by atoms with E-state index >= 15 is 0 Å². The predicted octanol–water partition coefficient (Wildman–Crippen LogP) is 2.26. The summed E-state index contributed by atoms with van der Waals surface area (Å²) in [4.78, 5) is 16.6. The molecule has 0 radical (unpaired) electrons. The molecule has 0 saturated carbocycles. The zero-order valence-corrected chi connectivity index (χ0v) is 15.9. The Morgan fingerprint density at radius 1 is 1.08 bits per heavy atom. The lowest BCUT2D eigenvalue weighted by atomic mass is 10.1. The fraction of sp³-hybridized carbons (Fsp3) is 0.278. The quantitative estimate of drug-likeness (QED) is 0.866. The molecule has 1 saturated heterocycles. The lowest BCUT2D eigenvalue weighted by Crippen LogP contribution is -2.48. The fourth-order valence-electron chi connectivity index (χ4n) is 3.08. The van der Waals surface area contributed by atoms with Crippen molar-refractivity contribution in [1.82, 2.24) is 4.90 Å². The lowest BCUT2D eigenvalue weighted by Gasteiger charge is -2.36. The van der Waals surface area contributed by atoms with Gasteiger partial charge in [-0.25, -0.2) is 13.6 Å². The number of aryl methyl sites for hydroxylation is 1. The van der Waals surface area contributed by atoms with E-state index < -0.39 is 10.0 Å². The van der Waals surface area contributed by atoms with Gasteiger partial charge in [0.2, 0.25) is 10.0 Å². The standard InChI is InChI=1S/C18H20ClN3O3S/c1-13-6-7-14(12-17(13)26(20,24)25)18(23)22-10-8-21(9-11-22)16-5-3-2-4-15(16)19/h2-7,12H,8-11H2,1H3,(H2,20,24,25). The summed E-state index contributed by atoms with van der Waals surface area (Å²) in [6, 6.07) is 12.2. The summed E-state index contributed by atoms with van der Waals surface area (Å²) >= 11 is 6.24. The van der Waals surface area contributed by atoms with E-state index in [-0.39, 0.29) is 10.8 Å². The first-order valence-electron chi connectivity index (χ1n) is 8.19. The maximum atomic E-state index is 12.7. The van der Waals surface area contributed by atoms with Crippen LogP contribution in [0.3, 0.4) is 0 Å². The van der Waals surface area contributed by atoms with Crippen LogP contribution < -0.4 is 10.0 Å². The number of halogens is 1. The lowest BCUT2D eigenvalue weighted by molar-refractivity contribution is 0.0746. The molecule has 0 bridgehead atoms. The molecule has 0 spiro atoms. The normalized spacial score (nSPS) is 15.2. The molecule has 1 fully saturated rings. The molecular weight excluding hydrogens is 374 g/mol.